The van der Waals surface area contributed by atoms with Crippen LogP contribution < -0.4 is 15.5 Å². The van der Waals surface area contributed by atoms with Gasteiger partial charge in [0, 0.05) is 17.8 Å². The number of rotatable bonds is 2. The Morgan fingerprint density at radius 3 is 2.77 bits per heavy atom. The summed E-state index contributed by atoms with van der Waals surface area (Å²) in [6.07, 6.45) is 0. The van der Waals surface area contributed by atoms with Crippen molar-refractivity contribution in [1.29, 1.82) is 0 Å². The van der Waals surface area contributed by atoms with Crippen LogP contribution in [0.2, 0.25) is 0 Å². The number of hydrogen-bond acceptors (Lipinski definition) is 5. The molecule has 0 spiro atoms. The SMILES string of the molecule is NNC(=O)c1cccc(S)c1OS. The van der Waals surface area contributed by atoms with Crippen molar-refractivity contribution < 1.29 is 8.98 Å². The van der Waals surface area contributed by atoms with Crippen molar-refractivity contribution in [2.75, 3.05) is 0 Å². The molecule has 0 aliphatic carbocycles. The van der Waals surface area contributed by atoms with Crippen LogP contribution in [-0.4, -0.2) is 5.91 Å². The molecule has 0 fully saturated rings. The maximum absolute atomic E-state index is 11.2. The van der Waals surface area contributed by atoms with E-state index in [0.29, 0.717) is 10.5 Å². The number of carbonyl (C=O) groups excluding carboxylic acids is 1. The van der Waals surface area contributed by atoms with Gasteiger partial charge in [0.05, 0.1) is 5.56 Å². The van der Waals surface area contributed by atoms with Crippen molar-refractivity contribution in [2.45, 2.75) is 4.90 Å². The number of nitrogens with one attached hydrogen (secondary N) is 1. The third-order valence-electron chi connectivity index (χ3n) is 1.46. The molecule has 0 aromatic heterocycles. The average molecular weight is 216 g/mol. The summed E-state index contributed by atoms with van der Waals surface area (Å²) < 4.78 is 4.70. The molecule has 70 valence electrons. The minimum Gasteiger partial charge on any atom is -0.427 e. The number of hydrazine groups is 1. The highest BCUT2D eigenvalue weighted by molar-refractivity contribution is 7.80. The second kappa shape index (κ2) is 4.40. The van der Waals surface area contributed by atoms with Gasteiger partial charge < -0.3 is 4.18 Å². The first-order chi connectivity index (χ1) is 6.20. The number of nitrogens with two attached hydrogens (primary N) is 1. The summed E-state index contributed by atoms with van der Waals surface area (Å²) in [5, 5.41) is 0. The van der Waals surface area contributed by atoms with Gasteiger partial charge in [-0.2, -0.15) is 0 Å². The Morgan fingerprint density at radius 1 is 1.54 bits per heavy atom. The highest BCUT2D eigenvalue weighted by Gasteiger charge is 2.12. The van der Waals surface area contributed by atoms with E-state index < -0.39 is 5.91 Å². The number of benzene rings is 1. The van der Waals surface area contributed by atoms with Gasteiger partial charge in [-0.1, -0.05) is 6.07 Å². The van der Waals surface area contributed by atoms with E-state index in [-0.39, 0.29) is 5.75 Å². The lowest BCUT2D eigenvalue weighted by Gasteiger charge is -2.07. The molecule has 0 saturated heterocycles. The second-order valence-electron chi connectivity index (χ2n) is 2.22. The molecule has 0 heterocycles. The van der Waals surface area contributed by atoms with Crippen molar-refractivity contribution in [2.24, 2.45) is 5.84 Å². The van der Waals surface area contributed by atoms with E-state index in [9.17, 15) is 4.79 Å². The van der Waals surface area contributed by atoms with E-state index in [0.717, 1.165) is 0 Å². The molecule has 1 rings (SSSR count). The monoisotopic (exact) mass is 216 g/mol. The molecule has 0 unspecified atom stereocenters. The summed E-state index contributed by atoms with van der Waals surface area (Å²) in [7, 11) is 0. The quantitative estimate of drug-likeness (QED) is 0.194. The van der Waals surface area contributed by atoms with Gasteiger partial charge in [-0.05, 0) is 12.1 Å². The van der Waals surface area contributed by atoms with Crippen LogP contribution in [0.4, 0.5) is 0 Å². The fourth-order valence-corrected chi connectivity index (χ4v) is 1.40. The minimum absolute atomic E-state index is 0.289. The molecule has 1 aromatic rings. The molecule has 4 nitrogen and oxygen atoms in total. The molecule has 0 aliphatic heterocycles. The Labute approximate surface area is 86.5 Å². The van der Waals surface area contributed by atoms with E-state index in [4.69, 9.17) is 10.0 Å². The van der Waals surface area contributed by atoms with Gasteiger partial charge in [-0.15, -0.1) is 12.6 Å². The lowest BCUT2D eigenvalue weighted by atomic mass is 10.2. The normalized spacial score (nSPS) is 9.46. The molecule has 3 N–H and O–H groups in total. The summed E-state index contributed by atoms with van der Waals surface area (Å²) in [6, 6.07) is 4.92. The van der Waals surface area contributed by atoms with E-state index >= 15 is 0 Å². The van der Waals surface area contributed by atoms with Crippen molar-refractivity contribution >= 4 is 31.4 Å². The second-order valence-corrected chi connectivity index (χ2v) is 2.88. The third-order valence-corrected chi connectivity index (χ3v) is 2.00. The summed E-state index contributed by atoms with van der Waals surface area (Å²) in [5.41, 5.74) is 2.29. The number of thiol groups is 2. The predicted octanol–water partition coefficient (Wildman–Crippen LogP) is 0.802. The average Bonchev–Trinajstić information content (AvgIpc) is 2.16. The molecule has 1 aromatic carbocycles. The molecule has 0 aliphatic rings. The van der Waals surface area contributed by atoms with Crippen LogP contribution in [0.25, 0.3) is 0 Å². The zero-order valence-electron chi connectivity index (χ0n) is 6.52. The van der Waals surface area contributed by atoms with Gasteiger partial charge in [0.15, 0.2) is 5.75 Å². The Hall–Kier alpha value is -0.850. The van der Waals surface area contributed by atoms with E-state index in [2.05, 4.69) is 25.5 Å². The van der Waals surface area contributed by atoms with Crippen molar-refractivity contribution in [3.8, 4) is 5.75 Å². The predicted molar refractivity (Wildman–Crippen MR) is 55.0 cm³/mol. The molecule has 0 saturated carbocycles. The maximum atomic E-state index is 11.2. The highest BCUT2D eigenvalue weighted by atomic mass is 32.1. The summed E-state index contributed by atoms with van der Waals surface area (Å²) >= 11 is 7.70. The van der Waals surface area contributed by atoms with Crippen LogP contribution in [0.3, 0.4) is 0 Å². The minimum atomic E-state index is -0.444. The number of para-hydroxylation sites is 1. The van der Waals surface area contributed by atoms with Crippen LogP contribution in [0.15, 0.2) is 23.1 Å². The zero-order valence-corrected chi connectivity index (χ0v) is 8.31. The molecule has 0 radical (unpaired) electrons. The first-order valence-electron chi connectivity index (χ1n) is 3.35. The number of hydrogen-bond donors (Lipinski definition) is 4. The van der Waals surface area contributed by atoms with Gasteiger partial charge in [0.1, 0.15) is 0 Å². The molecular formula is C7H8N2O2S2. The number of nitrogen functional groups attached to an aromatic ring is 1. The molecule has 1 amide bonds. The van der Waals surface area contributed by atoms with Crippen LogP contribution >= 0.6 is 25.5 Å². The van der Waals surface area contributed by atoms with Crippen LogP contribution in [0.1, 0.15) is 10.4 Å². The van der Waals surface area contributed by atoms with Gasteiger partial charge in [-0.3, -0.25) is 10.2 Å². The lowest BCUT2D eigenvalue weighted by molar-refractivity contribution is 0.0952. The Morgan fingerprint density at radius 2 is 2.23 bits per heavy atom. The first kappa shape index (κ1) is 10.2. The van der Waals surface area contributed by atoms with Gasteiger partial charge >= 0.3 is 0 Å². The fraction of sp³-hybridized carbons (Fsp3) is 0. The summed E-state index contributed by atoms with van der Waals surface area (Å²) in [5.74, 6) is 4.82. The standard InChI is InChI=1S/C7H8N2O2S2/c8-9-7(10)4-2-1-3-5(12)6(4)11-13/h1-3,12-13H,8H2,(H,9,10). The van der Waals surface area contributed by atoms with Gasteiger partial charge in [-0.25, -0.2) is 5.84 Å². The molecule has 6 heteroatoms. The molecule has 0 bridgehead atoms. The third kappa shape index (κ3) is 2.09. The Kier molecular flexibility index (Phi) is 3.47. The van der Waals surface area contributed by atoms with E-state index in [1.165, 1.54) is 0 Å². The summed E-state index contributed by atoms with van der Waals surface area (Å²) in [4.78, 5) is 11.7. The fourth-order valence-electron chi connectivity index (χ4n) is 0.877. The molecular weight excluding hydrogens is 208 g/mol. The molecule has 13 heavy (non-hydrogen) atoms. The van der Waals surface area contributed by atoms with Crippen LogP contribution in [0, 0.1) is 0 Å². The topological polar surface area (TPSA) is 64.3 Å². The smallest absolute Gasteiger partial charge is 0.269 e. The Bertz CT molecular complexity index is 330. The van der Waals surface area contributed by atoms with Crippen LogP contribution in [0.5, 0.6) is 5.75 Å². The lowest BCUT2D eigenvalue weighted by Crippen LogP contribution is -2.30. The van der Waals surface area contributed by atoms with E-state index in [1.807, 2.05) is 5.43 Å². The van der Waals surface area contributed by atoms with Crippen molar-refractivity contribution in [1.82, 2.24) is 5.43 Å². The van der Waals surface area contributed by atoms with Crippen molar-refractivity contribution in [3.63, 3.8) is 0 Å². The van der Waals surface area contributed by atoms with Crippen molar-refractivity contribution in [3.05, 3.63) is 23.8 Å². The van der Waals surface area contributed by atoms with E-state index in [1.54, 1.807) is 18.2 Å². The number of carbonyl (C=O) groups is 1. The van der Waals surface area contributed by atoms with Crippen LogP contribution in [-0.2, 0) is 0 Å². The molecule has 0 atom stereocenters. The maximum Gasteiger partial charge on any atom is 0.269 e. The van der Waals surface area contributed by atoms with Gasteiger partial charge in [0.2, 0.25) is 0 Å². The zero-order chi connectivity index (χ0) is 9.84. The highest BCUT2D eigenvalue weighted by Crippen LogP contribution is 2.27. The first-order valence-corrected chi connectivity index (χ1v) is 4.16. The summed E-state index contributed by atoms with van der Waals surface area (Å²) in [6.45, 7) is 0. The Balaban J connectivity index is 3.20. The number of amides is 1. The largest absolute Gasteiger partial charge is 0.427 e. The van der Waals surface area contributed by atoms with Gasteiger partial charge in [0.25, 0.3) is 5.91 Å².